The molecule has 2 amide bonds. The Morgan fingerprint density at radius 2 is 2.08 bits per heavy atom. The molecule has 2 heterocycles. The smallest absolute Gasteiger partial charge is 0.252 e. The maximum atomic E-state index is 12.4. The number of amides is 2. The minimum Gasteiger partial charge on any atom is -0.507 e. The van der Waals surface area contributed by atoms with Gasteiger partial charge in [-0.25, -0.2) is 4.98 Å². The maximum absolute atomic E-state index is 12.4. The van der Waals surface area contributed by atoms with Crippen LogP contribution in [0.1, 0.15) is 22.8 Å². The summed E-state index contributed by atoms with van der Waals surface area (Å²) in [5.74, 6) is -1.01. The van der Waals surface area contributed by atoms with E-state index >= 15 is 0 Å². The Kier molecular flexibility index (Phi) is 8.76. The number of halogens is 2. The van der Waals surface area contributed by atoms with Gasteiger partial charge in [-0.15, -0.1) is 11.3 Å². The quantitative estimate of drug-likeness (QED) is 0.381. The minimum atomic E-state index is -0.720. The summed E-state index contributed by atoms with van der Waals surface area (Å²) in [4.78, 5) is 30.8. The van der Waals surface area contributed by atoms with Gasteiger partial charge in [0.25, 0.3) is 5.91 Å². The van der Waals surface area contributed by atoms with Gasteiger partial charge in [-0.1, -0.05) is 29.3 Å². The number of carbonyl (C=O) groups is 2. The van der Waals surface area contributed by atoms with Crippen LogP contribution in [0.3, 0.4) is 0 Å². The molecule has 1 aliphatic heterocycles. The summed E-state index contributed by atoms with van der Waals surface area (Å²) >= 11 is 14.8. The molecule has 0 spiro atoms. The van der Waals surface area contributed by atoms with Gasteiger partial charge in [0.15, 0.2) is 4.34 Å². The molecule has 36 heavy (non-hydrogen) atoms. The highest BCUT2D eigenvalue weighted by Crippen LogP contribution is 2.33. The van der Waals surface area contributed by atoms with Crippen molar-refractivity contribution in [2.45, 2.75) is 23.9 Å². The van der Waals surface area contributed by atoms with Crippen molar-refractivity contribution >= 4 is 58.3 Å². The first-order chi connectivity index (χ1) is 17.2. The number of aromatic nitrogens is 1. The van der Waals surface area contributed by atoms with Crippen LogP contribution in [0.2, 0.25) is 10.0 Å². The molecule has 0 bridgehead atoms. The first-order valence-electron chi connectivity index (χ1n) is 11.0. The number of primary amides is 1. The maximum Gasteiger partial charge on any atom is 0.252 e. The summed E-state index contributed by atoms with van der Waals surface area (Å²) < 4.78 is 8.25. The first-order valence-corrected chi connectivity index (χ1v) is 13.4. The Hall–Kier alpha value is -2.34. The summed E-state index contributed by atoms with van der Waals surface area (Å²) in [5, 5.41) is 12.7. The van der Waals surface area contributed by atoms with Gasteiger partial charge in [0.05, 0.1) is 40.6 Å². The van der Waals surface area contributed by atoms with E-state index in [1.165, 1.54) is 42.3 Å². The standard InChI is InChI=1S/C24H24Cl2N4O4S2/c1-14(31)30(12-17-11-29(6-7-34-17)10-15-2-4-19(25)20(26)8-15)36-24-28-21(13-35-24)16-3-5-22(32)18(9-16)23(27)33/h2-5,8-9,13,17,32H,6-7,10-12H2,1H3,(H2,27,33)/t17-/m0/s1. The third-order valence-corrected chi connectivity index (χ3v) is 8.32. The number of ether oxygens (including phenoxy) is 1. The van der Waals surface area contributed by atoms with E-state index in [0.29, 0.717) is 51.9 Å². The number of hydrogen-bond acceptors (Lipinski definition) is 8. The molecule has 1 fully saturated rings. The highest BCUT2D eigenvalue weighted by Gasteiger charge is 2.25. The van der Waals surface area contributed by atoms with Gasteiger partial charge < -0.3 is 15.6 Å². The lowest BCUT2D eigenvalue weighted by atomic mass is 10.1. The van der Waals surface area contributed by atoms with Crippen molar-refractivity contribution in [3.05, 3.63) is 63.0 Å². The summed E-state index contributed by atoms with van der Waals surface area (Å²) in [6, 6.07) is 10.2. The van der Waals surface area contributed by atoms with E-state index in [1.807, 2.05) is 17.5 Å². The molecule has 3 N–H and O–H groups in total. The second-order valence-electron chi connectivity index (χ2n) is 8.24. The van der Waals surface area contributed by atoms with Crippen LogP contribution in [0.4, 0.5) is 0 Å². The zero-order chi connectivity index (χ0) is 25.8. The van der Waals surface area contributed by atoms with Crippen LogP contribution < -0.4 is 5.73 Å². The molecule has 2 aromatic carbocycles. The molecular weight excluding hydrogens is 543 g/mol. The van der Waals surface area contributed by atoms with Crippen LogP contribution in [0.25, 0.3) is 11.3 Å². The van der Waals surface area contributed by atoms with E-state index in [9.17, 15) is 14.7 Å². The molecule has 190 valence electrons. The Morgan fingerprint density at radius 1 is 1.28 bits per heavy atom. The first kappa shape index (κ1) is 26.7. The number of hydrogen-bond donors (Lipinski definition) is 2. The summed E-state index contributed by atoms with van der Waals surface area (Å²) in [6.45, 7) is 4.62. The number of benzene rings is 2. The van der Waals surface area contributed by atoms with E-state index in [2.05, 4.69) is 9.88 Å². The molecule has 1 aromatic heterocycles. The van der Waals surface area contributed by atoms with Crippen molar-refractivity contribution in [2.24, 2.45) is 5.73 Å². The van der Waals surface area contributed by atoms with E-state index in [-0.39, 0.29) is 23.3 Å². The Labute approximate surface area is 227 Å². The highest BCUT2D eigenvalue weighted by atomic mass is 35.5. The van der Waals surface area contributed by atoms with E-state index in [1.54, 1.807) is 16.4 Å². The number of nitrogens with two attached hydrogens (primary N) is 1. The monoisotopic (exact) mass is 566 g/mol. The number of nitrogens with zero attached hydrogens (tertiary/aromatic N) is 3. The van der Waals surface area contributed by atoms with Crippen molar-refractivity contribution in [2.75, 3.05) is 26.2 Å². The molecule has 1 saturated heterocycles. The molecular formula is C24H24Cl2N4O4S2. The number of morpholine rings is 1. The van der Waals surface area contributed by atoms with Crippen LogP contribution in [0.15, 0.2) is 46.1 Å². The van der Waals surface area contributed by atoms with Crippen molar-refractivity contribution < 1.29 is 19.4 Å². The predicted molar refractivity (Wildman–Crippen MR) is 142 cm³/mol. The number of aromatic hydroxyl groups is 1. The fraction of sp³-hybridized carbons (Fsp3) is 0.292. The lowest BCUT2D eigenvalue weighted by Crippen LogP contribution is -2.46. The number of carbonyl (C=O) groups excluding carboxylic acids is 2. The average molecular weight is 568 g/mol. The molecule has 12 heteroatoms. The molecule has 3 aromatic rings. The Bertz CT molecular complexity index is 1270. The van der Waals surface area contributed by atoms with Crippen LogP contribution in [0, 0.1) is 0 Å². The summed E-state index contributed by atoms with van der Waals surface area (Å²) in [6.07, 6.45) is -0.160. The zero-order valence-electron chi connectivity index (χ0n) is 19.3. The highest BCUT2D eigenvalue weighted by molar-refractivity contribution is 7.99. The third kappa shape index (κ3) is 6.70. The van der Waals surface area contributed by atoms with Crippen molar-refractivity contribution in [3.8, 4) is 17.0 Å². The summed E-state index contributed by atoms with van der Waals surface area (Å²) in [5.41, 5.74) is 7.68. The molecule has 0 unspecified atom stereocenters. The second kappa shape index (κ2) is 11.8. The largest absolute Gasteiger partial charge is 0.507 e. The molecule has 1 aliphatic rings. The van der Waals surface area contributed by atoms with Crippen LogP contribution in [-0.4, -0.2) is 63.5 Å². The SMILES string of the molecule is CC(=O)N(C[C@@H]1CN(Cc2ccc(Cl)c(Cl)c2)CCO1)Sc1nc(-c2ccc(O)c(C(N)=O)c2)cs1. The molecule has 8 nitrogen and oxygen atoms in total. The third-order valence-electron chi connectivity index (χ3n) is 5.56. The van der Waals surface area contributed by atoms with Gasteiger partial charge in [-0.2, -0.15) is 0 Å². The zero-order valence-corrected chi connectivity index (χ0v) is 22.5. The van der Waals surface area contributed by atoms with Gasteiger partial charge in [0.1, 0.15) is 5.75 Å². The minimum absolute atomic E-state index is 0.0277. The number of rotatable bonds is 8. The van der Waals surface area contributed by atoms with Crippen LogP contribution in [-0.2, 0) is 16.1 Å². The topological polar surface area (TPSA) is 109 Å². The van der Waals surface area contributed by atoms with Gasteiger partial charge in [0.2, 0.25) is 5.91 Å². The molecule has 4 rings (SSSR count). The average Bonchev–Trinajstić information content (AvgIpc) is 3.30. The fourth-order valence-corrected chi connectivity index (χ4v) is 5.92. The van der Waals surface area contributed by atoms with Gasteiger partial charge in [-0.3, -0.25) is 18.8 Å². The number of thiazole rings is 1. The van der Waals surface area contributed by atoms with Gasteiger partial charge in [-0.05, 0) is 35.9 Å². The van der Waals surface area contributed by atoms with Crippen molar-refractivity contribution in [3.63, 3.8) is 0 Å². The molecule has 0 radical (unpaired) electrons. The van der Waals surface area contributed by atoms with Crippen LogP contribution in [0.5, 0.6) is 5.75 Å². The fourth-order valence-electron chi connectivity index (χ4n) is 3.76. The Morgan fingerprint density at radius 3 is 2.81 bits per heavy atom. The lowest BCUT2D eigenvalue weighted by molar-refractivity contribution is -0.126. The predicted octanol–water partition coefficient (Wildman–Crippen LogP) is 4.68. The molecule has 1 atom stereocenters. The van der Waals surface area contributed by atoms with E-state index < -0.39 is 5.91 Å². The molecule has 0 saturated carbocycles. The van der Waals surface area contributed by atoms with Gasteiger partial charge in [0, 0.05) is 49.4 Å². The summed E-state index contributed by atoms with van der Waals surface area (Å²) in [7, 11) is 0. The van der Waals surface area contributed by atoms with E-state index in [0.717, 1.165) is 12.1 Å². The normalized spacial score (nSPS) is 16.1. The van der Waals surface area contributed by atoms with Crippen LogP contribution >= 0.6 is 46.5 Å². The van der Waals surface area contributed by atoms with Crippen molar-refractivity contribution in [1.29, 1.82) is 0 Å². The Balaban J connectivity index is 1.40. The molecule has 0 aliphatic carbocycles. The lowest BCUT2D eigenvalue weighted by Gasteiger charge is -2.35. The second-order valence-corrected chi connectivity index (χ2v) is 11.2. The van der Waals surface area contributed by atoms with Crippen molar-refractivity contribution in [1.82, 2.24) is 14.2 Å². The van der Waals surface area contributed by atoms with Gasteiger partial charge >= 0.3 is 0 Å². The number of phenols is 1. The van der Waals surface area contributed by atoms with E-state index in [4.69, 9.17) is 33.7 Å².